The fraction of sp³-hybridized carbons (Fsp3) is 0.545. The van der Waals surface area contributed by atoms with Crippen LogP contribution in [0, 0.1) is 0 Å². The molecule has 0 radical (unpaired) electrons. The first-order valence-corrected chi connectivity index (χ1v) is 7.08. The molecule has 0 saturated carbocycles. The van der Waals surface area contributed by atoms with Crippen molar-refractivity contribution in [1.29, 1.82) is 0 Å². The molecular weight excluding hydrogens is 296 g/mol. The summed E-state index contributed by atoms with van der Waals surface area (Å²) in [5, 5.41) is 31.8. The van der Waals surface area contributed by atoms with E-state index < -0.39 is 12.2 Å². The number of hydrogen-bond donors (Lipinski definition) is 7. The van der Waals surface area contributed by atoms with Crippen molar-refractivity contribution in [1.82, 2.24) is 21.1 Å². The number of nitrogens with one attached hydrogen (secondary N) is 2. The van der Waals surface area contributed by atoms with Crippen molar-refractivity contribution in [3.8, 4) is 0 Å². The van der Waals surface area contributed by atoms with E-state index in [1.807, 2.05) is 0 Å². The number of aliphatic hydroxyl groups is 3. The van der Waals surface area contributed by atoms with Gasteiger partial charge in [-0.1, -0.05) is 0 Å². The number of aliphatic imine (C=N–C) groups is 1. The van der Waals surface area contributed by atoms with E-state index in [-0.39, 0.29) is 23.5 Å². The Morgan fingerprint density at radius 1 is 1.38 bits per heavy atom. The first kappa shape index (κ1) is 14.3. The molecule has 1 saturated heterocycles. The molecule has 1 unspecified atom stereocenters. The Kier molecular flexibility index (Phi) is 3.40. The molecular formula is C11H18N6O3S. The maximum atomic E-state index is 9.99. The van der Waals surface area contributed by atoms with Crippen LogP contribution in [0.3, 0.4) is 0 Å². The molecule has 9 nitrogen and oxygen atoms in total. The number of allylic oxidation sites excluding steroid dienone is 1. The van der Waals surface area contributed by atoms with Crippen LogP contribution < -0.4 is 16.7 Å². The van der Waals surface area contributed by atoms with E-state index in [0.717, 1.165) is 5.70 Å². The molecule has 0 aromatic heterocycles. The van der Waals surface area contributed by atoms with Crippen LogP contribution in [0.25, 0.3) is 0 Å². The number of rotatable bonds is 5. The van der Waals surface area contributed by atoms with Crippen LogP contribution in [0.4, 0.5) is 0 Å². The van der Waals surface area contributed by atoms with Gasteiger partial charge in [0.15, 0.2) is 5.70 Å². The highest BCUT2D eigenvalue weighted by molar-refractivity contribution is 7.81. The quantitative estimate of drug-likeness (QED) is 0.310. The van der Waals surface area contributed by atoms with Gasteiger partial charge in [0, 0.05) is 18.1 Å². The summed E-state index contributed by atoms with van der Waals surface area (Å²) >= 11 is 4.39. The summed E-state index contributed by atoms with van der Waals surface area (Å²) in [6, 6.07) is 0. The second kappa shape index (κ2) is 4.98. The number of nitrogens with zero attached hydrogens (tertiary/aromatic N) is 3. The summed E-state index contributed by atoms with van der Waals surface area (Å²) in [4.78, 5) is 3.81. The molecule has 21 heavy (non-hydrogen) atoms. The van der Waals surface area contributed by atoms with E-state index in [9.17, 15) is 15.3 Å². The molecule has 3 aliphatic rings. The number of thiol groups is 1. The van der Waals surface area contributed by atoms with Crippen LogP contribution in [0.5, 0.6) is 0 Å². The van der Waals surface area contributed by atoms with E-state index in [2.05, 4.69) is 28.6 Å². The Hall–Kier alpha value is -1.62. The van der Waals surface area contributed by atoms with Gasteiger partial charge in [-0.25, -0.2) is 5.01 Å². The molecule has 3 atom stereocenters. The zero-order valence-corrected chi connectivity index (χ0v) is 12.2. The standard InChI is InChI=1S/C11H18N6O3S/c1-4(18)2-6(19)7(21)3-5-8-9-10(20)13-11(12)16(8)15-17(9)14-5/h4,6-7,14-15,18-21H,2-3H2,1H3,(H2,12,13)/t4?,6-,7+/m1/s1. The molecule has 0 aliphatic carbocycles. The summed E-state index contributed by atoms with van der Waals surface area (Å²) in [5.74, 6) is -0.0421. The normalized spacial score (nSPS) is 24.3. The first-order chi connectivity index (χ1) is 9.88. The molecule has 10 heteroatoms. The second-order valence-electron chi connectivity index (χ2n) is 5.28. The lowest BCUT2D eigenvalue weighted by atomic mass is 10.0. The van der Waals surface area contributed by atoms with Gasteiger partial charge in [0.25, 0.3) is 0 Å². The van der Waals surface area contributed by atoms with E-state index in [0.29, 0.717) is 17.8 Å². The van der Waals surface area contributed by atoms with Crippen molar-refractivity contribution < 1.29 is 15.3 Å². The molecule has 3 rings (SSSR count). The molecule has 7 N–H and O–H groups in total. The molecule has 3 aliphatic heterocycles. The van der Waals surface area contributed by atoms with Crippen molar-refractivity contribution in [2.75, 3.05) is 0 Å². The zero-order chi connectivity index (χ0) is 15.3. The van der Waals surface area contributed by atoms with E-state index in [4.69, 9.17) is 5.73 Å². The summed E-state index contributed by atoms with van der Waals surface area (Å²) in [5.41, 5.74) is 13.6. The molecule has 0 aromatic rings. The summed E-state index contributed by atoms with van der Waals surface area (Å²) in [6.45, 7) is 1.62. The maximum Gasteiger partial charge on any atom is 0.244 e. The Bertz CT molecular complexity index is 560. The fourth-order valence-corrected chi connectivity index (χ4v) is 2.84. The van der Waals surface area contributed by atoms with Gasteiger partial charge in [-0.05, 0) is 6.92 Å². The maximum absolute atomic E-state index is 9.99. The van der Waals surface area contributed by atoms with Crippen molar-refractivity contribution in [2.45, 2.75) is 37.2 Å². The van der Waals surface area contributed by atoms with Crippen molar-refractivity contribution in [2.24, 2.45) is 10.7 Å². The highest BCUT2D eigenvalue weighted by Gasteiger charge is 2.46. The van der Waals surface area contributed by atoms with Gasteiger partial charge >= 0.3 is 0 Å². The molecule has 4 bridgehead atoms. The van der Waals surface area contributed by atoms with Crippen molar-refractivity contribution in [3.05, 3.63) is 23.0 Å². The minimum atomic E-state index is -0.742. The minimum absolute atomic E-state index is 0.132. The summed E-state index contributed by atoms with van der Waals surface area (Å²) < 4.78 is 0. The predicted octanol–water partition coefficient (Wildman–Crippen LogP) is -1.37. The average molecular weight is 314 g/mol. The minimum Gasteiger partial charge on any atom is -0.492 e. The summed E-state index contributed by atoms with van der Waals surface area (Å²) in [6.07, 6.45) is -0.664. The van der Waals surface area contributed by atoms with E-state index in [1.165, 1.54) is 5.12 Å². The van der Waals surface area contributed by atoms with Gasteiger partial charge in [-0.3, -0.25) is 5.43 Å². The molecule has 0 aromatic carbocycles. The lowest BCUT2D eigenvalue weighted by Gasteiger charge is -2.28. The largest absolute Gasteiger partial charge is 0.492 e. The van der Waals surface area contributed by atoms with Crippen molar-refractivity contribution in [3.63, 3.8) is 0 Å². The third-order valence-corrected chi connectivity index (χ3v) is 4.03. The Labute approximate surface area is 126 Å². The fourth-order valence-electron chi connectivity index (χ4n) is 2.54. The van der Waals surface area contributed by atoms with Crippen LogP contribution >= 0.6 is 12.6 Å². The Morgan fingerprint density at radius 3 is 2.76 bits per heavy atom. The number of aliphatic hydroxyl groups excluding tert-OH is 3. The third-order valence-electron chi connectivity index (χ3n) is 3.51. The number of hydrogen-bond acceptors (Lipinski definition) is 10. The lowest BCUT2D eigenvalue weighted by Crippen LogP contribution is -2.53. The van der Waals surface area contributed by atoms with Crippen LogP contribution in [-0.2, 0) is 0 Å². The predicted molar refractivity (Wildman–Crippen MR) is 77.9 cm³/mol. The molecule has 3 heterocycles. The van der Waals surface area contributed by atoms with Crippen molar-refractivity contribution >= 4 is 18.6 Å². The van der Waals surface area contributed by atoms with Crippen LogP contribution in [0.1, 0.15) is 19.8 Å². The van der Waals surface area contributed by atoms with Crippen LogP contribution in [0.15, 0.2) is 28.0 Å². The molecule has 0 spiro atoms. The SMILES string of the molecule is CC(O)C[C@@H](O)[C@@H](S)CC1=C2C3=C(O)N=C(N)N2NN3N1. The second-order valence-corrected chi connectivity index (χ2v) is 5.94. The number of nitrogens with two attached hydrogens (primary N) is 1. The smallest absolute Gasteiger partial charge is 0.244 e. The number of hydrazine groups is 3. The van der Waals surface area contributed by atoms with Gasteiger partial charge in [-0.2, -0.15) is 22.7 Å². The van der Waals surface area contributed by atoms with Gasteiger partial charge in [0.2, 0.25) is 11.8 Å². The van der Waals surface area contributed by atoms with Crippen LogP contribution in [-0.4, -0.2) is 48.9 Å². The molecule has 0 amide bonds. The van der Waals surface area contributed by atoms with Gasteiger partial charge < -0.3 is 21.1 Å². The zero-order valence-electron chi connectivity index (χ0n) is 11.4. The third kappa shape index (κ3) is 2.29. The average Bonchev–Trinajstić information content (AvgIpc) is 2.88. The monoisotopic (exact) mass is 314 g/mol. The number of guanidine groups is 1. The van der Waals surface area contributed by atoms with Gasteiger partial charge in [0.05, 0.1) is 17.9 Å². The molecule has 116 valence electrons. The Morgan fingerprint density at radius 2 is 2.10 bits per heavy atom. The molecule has 1 fully saturated rings. The topological polar surface area (TPSA) is 130 Å². The Balaban J connectivity index is 1.79. The van der Waals surface area contributed by atoms with Gasteiger partial charge in [-0.15, -0.1) is 5.53 Å². The van der Waals surface area contributed by atoms with Gasteiger partial charge in [0.1, 0.15) is 5.70 Å². The van der Waals surface area contributed by atoms with E-state index >= 15 is 0 Å². The highest BCUT2D eigenvalue weighted by atomic mass is 32.1. The van der Waals surface area contributed by atoms with Crippen LogP contribution in [0.2, 0.25) is 0 Å². The summed E-state index contributed by atoms with van der Waals surface area (Å²) in [7, 11) is 0. The highest BCUT2D eigenvalue weighted by Crippen LogP contribution is 2.38. The lowest BCUT2D eigenvalue weighted by molar-refractivity contribution is 0.0864. The first-order valence-electron chi connectivity index (χ1n) is 6.56. The van der Waals surface area contributed by atoms with E-state index in [1.54, 1.807) is 11.9 Å².